The van der Waals surface area contributed by atoms with Crippen molar-refractivity contribution < 1.29 is 31.9 Å². The van der Waals surface area contributed by atoms with E-state index >= 15 is 0 Å². The maximum Gasteiger partial charge on any atom is 0.416 e. The average Bonchev–Trinajstić information content (AvgIpc) is 3.30. The van der Waals surface area contributed by atoms with Gasteiger partial charge in [-0.05, 0) is 31.5 Å². The van der Waals surface area contributed by atoms with Gasteiger partial charge in [-0.25, -0.2) is 4.79 Å². The summed E-state index contributed by atoms with van der Waals surface area (Å²) in [7, 11) is 0. The molecular formula is C23H24F3N3O4. The van der Waals surface area contributed by atoms with E-state index < -0.39 is 17.8 Å². The third-order valence-electron chi connectivity index (χ3n) is 5.62. The number of alkyl halides is 3. The number of amides is 2. The van der Waals surface area contributed by atoms with Crippen molar-refractivity contribution >= 4 is 23.1 Å². The third kappa shape index (κ3) is 4.69. The van der Waals surface area contributed by atoms with Crippen LogP contribution in [-0.2, 0) is 17.5 Å². The quantitative estimate of drug-likeness (QED) is 0.571. The highest BCUT2D eigenvalue weighted by Crippen LogP contribution is 2.31. The van der Waals surface area contributed by atoms with Gasteiger partial charge in [0.05, 0.1) is 17.7 Å². The predicted molar refractivity (Wildman–Crippen MR) is 114 cm³/mol. The number of rotatable bonds is 4. The summed E-state index contributed by atoms with van der Waals surface area (Å²) in [6, 6.07) is 8.45. The van der Waals surface area contributed by atoms with Crippen LogP contribution in [0.5, 0.6) is 0 Å². The van der Waals surface area contributed by atoms with Crippen molar-refractivity contribution in [2.45, 2.75) is 26.6 Å². The molecule has 33 heavy (non-hydrogen) atoms. The average molecular weight is 463 g/mol. The molecule has 176 valence electrons. The van der Waals surface area contributed by atoms with E-state index in [9.17, 15) is 22.8 Å². The molecule has 3 heterocycles. The Morgan fingerprint density at radius 2 is 1.76 bits per heavy atom. The fourth-order valence-electron chi connectivity index (χ4n) is 4.01. The molecule has 0 unspecified atom stereocenters. The Hall–Kier alpha value is -3.43. The van der Waals surface area contributed by atoms with E-state index in [0.717, 1.165) is 12.1 Å². The molecule has 2 aromatic heterocycles. The molecule has 1 aromatic carbocycles. The normalized spacial score (nSPS) is 14.7. The Morgan fingerprint density at radius 1 is 1.06 bits per heavy atom. The number of furan rings is 1. The van der Waals surface area contributed by atoms with E-state index in [2.05, 4.69) is 0 Å². The zero-order valence-corrected chi connectivity index (χ0v) is 18.3. The summed E-state index contributed by atoms with van der Waals surface area (Å²) < 4.78 is 51.9. The van der Waals surface area contributed by atoms with Crippen LogP contribution < -0.4 is 0 Å². The van der Waals surface area contributed by atoms with Gasteiger partial charge in [-0.3, -0.25) is 4.79 Å². The Bertz CT molecular complexity index is 1170. The van der Waals surface area contributed by atoms with Crippen LogP contribution in [0.2, 0.25) is 0 Å². The highest BCUT2D eigenvalue weighted by atomic mass is 19.4. The van der Waals surface area contributed by atoms with Crippen LogP contribution in [0.1, 0.15) is 34.3 Å². The SMILES string of the molecule is CCOC(=O)N1CCN(C(=O)c2cc3oc(C)cc3n2Cc2cccc(C(F)(F)F)c2)CC1. The first-order chi connectivity index (χ1) is 15.7. The first-order valence-corrected chi connectivity index (χ1v) is 10.6. The second-order valence-electron chi connectivity index (χ2n) is 7.90. The number of aromatic nitrogens is 1. The number of aryl methyl sites for hydroxylation is 1. The summed E-state index contributed by atoms with van der Waals surface area (Å²) in [6.07, 6.45) is -4.86. The summed E-state index contributed by atoms with van der Waals surface area (Å²) in [5, 5.41) is 0. The second-order valence-corrected chi connectivity index (χ2v) is 7.90. The fourth-order valence-corrected chi connectivity index (χ4v) is 4.01. The van der Waals surface area contributed by atoms with Gasteiger partial charge in [0, 0.05) is 44.9 Å². The monoisotopic (exact) mass is 463 g/mol. The van der Waals surface area contributed by atoms with Crippen molar-refractivity contribution in [3.8, 4) is 0 Å². The smallest absolute Gasteiger partial charge is 0.416 e. The van der Waals surface area contributed by atoms with E-state index in [1.807, 2.05) is 0 Å². The number of hydrogen-bond donors (Lipinski definition) is 0. The lowest BCUT2D eigenvalue weighted by Gasteiger charge is -2.34. The molecule has 1 aliphatic heterocycles. The molecule has 4 rings (SSSR count). The molecule has 0 bridgehead atoms. The van der Waals surface area contributed by atoms with Gasteiger partial charge in [-0.2, -0.15) is 13.2 Å². The zero-order chi connectivity index (χ0) is 23.8. The lowest BCUT2D eigenvalue weighted by molar-refractivity contribution is -0.137. The van der Waals surface area contributed by atoms with Crippen LogP contribution in [-0.4, -0.2) is 59.2 Å². The maximum atomic E-state index is 13.3. The first kappa shape index (κ1) is 22.8. The Balaban J connectivity index is 1.60. The molecule has 3 aromatic rings. The van der Waals surface area contributed by atoms with Gasteiger partial charge in [0.15, 0.2) is 5.58 Å². The number of benzene rings is 1. The number of halogens is 3. The first-order valence-electron chi connectivity index (χ1n) is 10.6. The molecule has 1 fully saturated rings. The highest BCUT2D eigenvalue weighted by Gasteiger charge is 2.31. The third-order valence-corrected chi connectivity index (χ3v) is 5.62. The maximum absolute atomic E-state index is 13.3. The van der Waals surface area contributed by atoms with Crippen molar-refractivity contribution in [1.29, 1.82) is 0 Å². The summed E-state index contributed by atoms with van der Waals surface area (Å²) in [5.41, 5.74) is 1.13. The Morgan fingerprint density at radius 3 is 2.42 bits per heavy atom. The van der Waals surface area contributed by atoms with Crippen molar-refractivity contribution in [3.63, 3.8) is 0 Å². The lowest BCUT2D eigenvalue weighted by Crippen LogP contribution is -2.51. The van der Waals surface area contributed by atoms with Gasteiger partial charge in [-0.1, -0.05) is 12.1 Å². The molecule has 0 atom stereocenters. The van der Waals surface area contributed by atoms with Crippen LogP contribution in [0.15, 0.2) is 40.8 Å². The number of fused-ring (bicyclic) bond motifs is 1. The van der Waals surface area contributed by atoms with Gasteiger partial charge in [0.25, 0.3) is 5.91 Å². The minimum absolute atomic E-state index is 0.0796. The van der Waals surface area contributed by atoms with Crippen molar-refractivity contribution in [3.05, 3.63) is 59.0 Å². The summed E-state index contributed by atoms with van der Waals surface area (Å²) in [6.45, 7) is 5.19. The molecule has 0 aliphatic carbocycles. The van der Waals surface area contributed by atoms with E-state index in [-0.39, 0.29) is 19.1 Å². The molecule has 1 aliphatic rings. The fraction of sp³-hybridized carbons (Fsp3) is 0.391. The van der Waals surface area contributed by atoms with Gasteiger partial charge < -0.3 is 23.5 Å². The van der Waals surface area contributed by atoms with E-state index in [1.165, 1.54) is 6.07 Å². The summed E-state index contributed by atoms with van der Waals surface area (Å²) >= 11 is 0. The highest BCUT2D eigenvalue weighted by molar-refractivity contribution is 5.98. The van der Waals surface area contributed by atoms with Crippen LogP contribution in [0.3, 0.4) is 0 Å². The molecular weight excluding hydrogens is 439 g/mol. The minimum atomic E-state index is -4.45. The van der Waals surface area contributed by atoms with Gasteiger partial charge >= 0.3 is 12.3 Å². The van der Waals surface area contributed by atoms with Gasteiger partial charge in [0.2, 0.25) is 0 Å². The number of hydrogen-bond acceptors (Lipinski definition) is 4. The molecule has 1 saturated heterocycles. The van der Waals surface area contributed by atoms with E-state index in [4.69, 9.17) is 9.15 Å². The molecule has 10 heteroatoms. The Labute approximate surface area is 188 Å². The number of carbonyl (C=O) groups excluding carboxylic acids is 2. The lowest BCUT2D eigenvalue weighted by atomic mass is 10.1. The molecule has 0 N–H and O–H groups in total. The summed E-state index contributed by atoms with van der Waals surface area (Å²) in [5.74, 6) is 0.370. The predicted octanol–water partition coefficient (Wildman–Crippen LogP) is 4.52. The van der Waals surface area contributed by atoms with Crippen molar-refractivity contribution in [2.24, 2.45) is 0 Å². The van der Waals surface area contributed by atoms with Crippen LogP contribution >= 0.6 is 0 Å². The minimum Gasteiger partial charge on any atom is -0.460 e. The molecule has 0 spiro atoms. The second kappa shape index (κ2) is 8.84. The Kier molecular flexibility index (Phi) is 6.09. The molecule has 0 radical (unpaired) electrons. The van der Waals surface area contributed by atoms with E-state index in [1.54, 1.807) is 46.4 Å². The van der Waals surface area contributed by atoms with Crippen LogP contribution in [0.4, 0.5) is 18.0 Å². The van der Waals surface area contributed by atoms with E-state index in [0.29, 0.717) is 54.3 Å². The number of carbonyl (C=O) groups is 2. The van der Waals surface area contributed by atoms with Crippen LogP contribution in [0.25, 0.3) is 11.1 Å². The van der Waals surface area contributed by atoms with Gasteiger partial charge in [0.1, 0.15) is 11.5 Å². The number of ether oxygens (including phenoxy) is 1. The standard InChI is InChI=1S/C23H24F3N3O4/c1-3-32-22(31)28-9-7-27(8-10-28)21(30)19-13-20-18(11-15(2)33-20)29(19)14-16-5-4-6-17(12-16)23(24,25)26/h4-6,11-13H,3,7-10,14H2,1-2H3. The van der Waals surface area contributed by atoms with Gasteiger partial charge in [-0.15, -0.1) is 0 Å². The van der Waals surface area contributed by atoms with Crippen LogP contribution in [0, 0.1) is 6.92 Å². The molecule has 0 saturated carbocycles. The molecule has 7 nitrogen and oxygen atoms in total. The number of piperazine rings is 1. The zero-order valence-electron chi connectivity index (χ0n) is 18.3. The largest absolute Gasteiger partial charge is 0.460 e. The van der Waals surface area contributed by atoms with Crippen molar-refractivity contribution in [2.75, 3.05) is 32.8 Å². The topological polar surface area (TPSA) is 67.9 Å². The summed E-state index contributed by atoms with van der Waals surface area (Å²) in [4.78, 5) is 28.4. The van der Waals surface area contributed by atoms with Crippen molar-refractivity contribution in [1.82, 2.24) is 14.4 Å². The molecule has 2 amide bonds. The number of nitrogens with zero attached hydrogens (tertiary/aromatic N) is 3.